The summed E-state index contributed by atoms with van der Waals surface area (Å²) in [6.07, 6.45) is -0.0420. The second kappa shape index (κ2) is 4.31. The number of hydrogen-bond acceptors (Lipinski definition) is 3. The van der Waals surface area contributed by atoms with Crippen molar-refractivity contribution in [3.63, 3.8) is 0 Å². The molecule has 1 fully saturated rings. The molecule has 1 amide bonds. The number of rotatable bonds is 2. The van der Waals surface area contributed by atoms with Crippen LogP contribution in [0.5, 0.6) is 0 Å². The molecular formula is C11H12ClNO3S. The van der Waals surface area contributed by atoms with Gasteiger partial charge in [-0.15, -0.1) is 0 Å². The molecule has 2 rings (SSSR count). The van der Waals surface area contributed by atoms with E-state index < -0.39 is 14.3 Å². The number of amides is 1. The first-order valence-electron chi connectivity index (χ1n) is 5.18. The normalized spacial score (nSPS) is 20.9. The van der Waals surface area contributed by atoms with Crippen LogP contribution in [0.4, 0.5) is 5.69 Å². The number of benzene rings is 1. The first-order chi connectivity index (χ1) is 7.88. The fourth-order valence-electron chi connectivity index (χ4n) is 1.84. The second-order valence-electron chi connectivity index (χ2n) is 4.14. The Labute approximate surface area is 105 Å². The van der Waals surface area contributed by atoms with E-state index in [2.05, 4.69) is 0 Å². The van der Waals surface area contributed by atoms with E-state index in [4.69, 9.17) is 10.7 Å². The molecule has 92 valence electrons. The Morgan fingerprint density at radius 2 is 1.88 bits per heavy atom. The van der Waals surface area contributed by atoms with Crippen molar-refractivity contribution in [3.8, 4) is 0 Å². The monoisotopic (exact) mass is 273 g/mol. The molecule has 1 unspecified atom stereocenters. The number of anilines is 1. The predicted molar refractivity (Wildman–Crippen MR) is 66.7 cm³/mol. The van der Waals surface area contributed by atoms with Crippen molar-refractivity contribution < 1.29 is 13.2 Å². The maximum atomic E-state index is 11.7. The Morgan fingerprint density at radius 3 is 2.35 bits per heavy atom. The van der Waals surface area contributed by atoms with E-state index in [1.54, 1.807) is 12.1 Å². The quantitative estimate of drug-likeness (QED) is 0.770. The van der Waals surface area contributed by atoms with Crippen LogP contribution in [0.1, 0.15) is 12.0 Å². The molecular weight excluding hydrogens is 262 g/mol. The van der Waals surface area contributed by atoms with Crippen LogP contribution >= 0.6 is 10.7 Å². The van der Waals surface area contributed by atoms with Crippen molar-refractivity contribution in [2.45, 2.75) is 18.6 Å². The molecule has 17 heavy (non-hydrogen) atoms. The van der Waals surface area contributed by atoms with Gasteiger partial charge in [0.2, 0.25) is 15.0 Å². The summed E-state index contributed by atoms with van der Waals surface area (Å²) in [4.78, 5) is 13.2. The predicted octanol–water partition coefficient (Wildman–Crippen LogP) is 1.67. The van der Waals surface area contributed by atoms with Gasteiger partial charge in [0.25, 0.3) is 0 Å². The van der Waals surface area contributed by atoms with Gasteiger partial charge in [-0.2, -0.15) is 0 Å². The molecule has 0 spiro atoms. The first-order valence-corrected chi connectivity index (χ1v) is 7.55. The lowest BCUT2D eigenvalue weighted by Gasteiger charge is -2.16. The van der Waals surface area contributed by atoms with Gasteiger partial charge in [-0.1, -0.05) is 17.7 Å². The molecule has 0 saturated carbocycles. The van der Waals surface area contributed by atoms with Crippen molar-refractivity contribution in [1.82, 2.24) is 0 Å². The van der Waals surface area contributed by atoms with E-state index in [1.165, 1.54) is 4.90 Å². The molecule has 6 heteroatoms. The van der Waals surface area contributed by atoms with Crippen molar-refractivity contribution in [3.05, 3.63) is 29.8 Å². The van der Waals surface area contributed by atoms with Crippen molar-refractivity contribution in [2.24, 2.45) is 0 Å². The van der Waals surface area contributed by atoms with Gasteiger partial charge in [-0.05, 0) is 19.1 Å². The van der Waals surface area contributed by atoms with Crippen molar-refractivity contribution >= 4 is 31.3 Å². The largest absolute Gasteiger partial charge is 0.311 e. The zero-order valence-corrected chi connectivity index (χ0v) is 10.8. The van der Waals surface area contributed by atoms with Gasteiger partial charge >= 0.3 is 0 Å². The second-order valence-corrected chi connectivity index (χ2v) is 7.05. The molecule has 1 aliphatic heterocycles. The summed E-state index contributed by atoms with van der Waals surface area (Å²) in [6.45, 7) is 2.08. The lowest BCUT2D eigenvalue weighted by Crippen LogP contribution is -2.26. The summed E-state index contributed by atoms with van der Waals surface area (Å²) in [7, 11) is 1.60. The fourth-order valence-corrected chi connectivity index (χ4v) is 2.86. The van der Waals surface area contributed by atoms with Crippen LogP contribution in [-0.4, -0.2) is 26.1 Å². The van der Waals surface area contributed by atoms with Crippen LogP contribution in [0.2, 0.25) is 0 Å². The topological polar surface area (TPSA) is 54.5 Å². The third-order valence-electron chi connectivity index (χ3n) is 2.83. The van der Waals surface area contributed by atoms with Gasteiger partial charge in [-0.3, -0.25) is 4.79 Å². The zero-order chi connectivity index (χ0) is 12.6. The minimum absolute atomic E-state index is 0.0420. The fraction of sp³-hybridized carbons (Fsp3) is 0.364. The maximum absolute atomic E-state index is 11.7. The van der Waals surface area contributed by atoms with Gasteiger partial charge in [0.05, 0.1) is 0 Å². The zero-order valence-electron chi connectivity index (χ0n) is 9.26. The molecule has 0 radical (unpaired) electrons. The molecule has 1 aromatic carbocycles. The molecule has 4 nitrogen and oxygen atoms in total. The lowest BCUT2D eigenvalue weighted by atomic mass is 10.2. The van der Waals surface area contributed by atoms with Crippen molar-refractivity contribution in [1.29, 1.82) is 0 Å². The highest BCUT2D eigenvalue weighted by Gasteiger charge is 2.37. The Hall–Kier alpha value is -1.07. The Bertz CT molecular complexity index is 538. The summed E-state index contributed by atoms with van der Waals surface area (Å²) >= 11 is 0. The number of hydrogen-bond donors (Lipinski definition) is 0. The van der Waals surface area contributed by atoms with Crippen LogP contribution in [0, 0.1) is 6.92 Å². The third kappa shape index (κ3) is 2.61. The highest BCUT2D eigenvalue weighted by molar-refractivity contribution is 8.14. The molecule has 1 heterocycles. The minimum atomic E-state index is -3.67. The average molecular weight is 274 g/mol. The summed E-state index contributed by atoms with van der Waals surface area (Å²) in [5.41, 5.74) is 1.80. The molecule has 0 bridgehead atoms. The number of aryl methyl sites for hydroxylation is 1. The SMILES string of the molecule is Cc1ccc(N2CC(S(=O)(=O)Cl)CC2=O)cc1. The Kier molecular flexibility index (Phi) is 3.14. The van der Waals surface area contributed by atoms with E-state index in [0.29, 0.717) is 5.69 Å². The van der Waals surface area contributed by atoms with Crippen LogP contribution in [-0.2, 0) is 13.8 Å². The van der Waals surface area contributed by atoms with E-state index >= 15 is 0 Å². The molecule has 1 aliphatic rings. The van der Waals surface area contributed by atoms with E-state index in [-0.39, 0.29) is 18.9 Å². The van der Waals surface area contributed by atoms with Gasteiger partial charge in [-0.25, -0.2) is 8.42 Å². The first kappa shape index (κ1) is 12.4. The number of carbonyl (C=O) groups excluding carboxylic acids is 1. The number of carbonyl (C=O) groups is 1. The molecule has 0 aliphatic carbocycles. The molecule has 1 aromatic rings. The van der Waals surface area contributed by atoms with Gasteiger partial charge < -0.3 is 4.90 Å². The van der Waals surface area contributed by atoms with E-state index in [9.17, 15) is 13.2 Å². The van der Waals surface area contributed by atoms with Gasteiger partial charge in [0.1, 0.15) is 5.25 Å². The smallest absolute Gasteiger partial charge is 0.237 e. The maximum Gasteiger partial charge on any atom is 0.237 e. The average Bonchev–Trinajstić information content (AvgIpc) is 2.61. The summed E-state index contributed by atoms with van der Waals surface area (Å²) in [6, 6.07) is 7.36. The van der Waals surface area contributed by atoms with Crippen LogP contribution in [0.15, 0.2) is 24.3 Å². The summed E-state index contributed by atoms with van der Waals surface area (Å²) < 4.78 is 22.4. The summed E-state index contributed by atoms with van der Waals surface area (Å²) in [5, 5.41) is -0.807. The van der Waals surface area contributed by atoms with Crippen molar-refractivity contribution in [2.75, 3.05) is 11.4 Å². The molecule has 0 N–H and O–H groups in total. The Morgan fingerprint density at radius 1 is 1.29 bits per heavy atom. The Balaban J connectivity index is 2.24. The van der Waals surface area contributed by atoms with Crippen LogP contribution in [0.3, 0.4) is 0 Å². The molecule has 1 atom stereocenters. The van der Waals surface area contributed by atoms with Crippen LogP contribution < -0.4 is 4.90 Å². The summed E-state index contributed by atoms with van der Waals surface area (Å²) in [5.74, 6) is -0.205. The van der Waals surface area contributed by atoms with Crippen LogP contribution in [0.25, 0.3) is 0 Å². The van der Waals surface area contributed by atoms with Gasteiger partial charge in [0.15, 0.2) is 0 Å². The minimum Gasteiger partial charge on any atom is -0.311 e. The number of nitrogens with zero attached hydrogens (tertiary/aromatic N) is 1. The molecule has 1 saturated heterocycles. The highest BCUT2D eigenvalue weighted by atomic mass is 35.7. The highest BCUT2D eigenvalue weighted by Crippen LogP contribution is 2.26. The van der Waals surface area contributed by atoms with E-state index in [1.807, 2.05) is 19.1 Å². The van der Waals surface area contributed by atoms with E-state index in [0.717, 1.165) is 5.56 Å². The lowest BCUT2D eigenvalue weighted by molar-refractivity contribution is -0.117. The molecule has 0 aromatic heterocycles. The standard InChI is InChI=1S/C11H12ClNO3S/c1-8-2-4-9(5-3-8)13-7-10(6-11(13)14)17(12,15)16/h2-5,10H,6-7H2,1H3. The number of halogens is 1. The third-order valence-corrected chi connectivity index (χ3v) is 4.70. The van der Waals surface area contributed by atoms with Gasteiger partial charge in [0, 0.05) is 29.3 Å².